The van der Waals surface area contributed by atoms with Gasteiger partial charge in [-0.2, -0.15) is 26.3 Å². The van der Waals surface area contributed by atoms with Gasteiger partial charge in [0.1, 0.15) is 11.5 Å². The first-order valence-corrected chi connectivity index (χ1v) is 22.6. The SMILES string of the molecule is CC(O)c1ccccc1-c1ccc2nc(C#Cc3ccc(OC(C)C(F)(F)F)cc3)[nH]c2c1.CC(Oc1ccc(C#Cc2nc3ccc(-c4ccccc4NS(C)(=O)=O)cc3[nH]2)cc1)C(F)(F)F. The number of rotatable bonds is 9. The summed E-state index contributed by atoms with van der Waals surface area (Å²) >= 11 is 0. The largest absolute Gasteiger partial charge is 0.481 e. The molecule has 10 nitrogen and oxygen atoms in total. The van der Waals surface area contributed by atoms with Gasteiger partial charge in [-0.1, -0.05) is 66.4 Å². The molecule has 8 aromatic rings. The Balaban J connectivity index is 0.000000202. The van der Waals surface area contributed by atoms with Crippen molar-refractivity contribution in [2.24, 2.45) is 0 Å². The molecular formula is C51H41F6N5O5S. The number of fused-ring (bicyclic) bond motifs is 2. The molecule has 6 aromatic carbocycles. The van der Waals surface area contributed by atoms with Crippen molar-refractivity contribution in [1.82, 2.24) is 19.9 Å². The van der Waals surface area contributed by atoms with Gasteiger partial charge in [0.05, 0.1) is 40.1 Å². The molecule has 0 saturated carbocycles. The van der Waals surface area contributed by atoms with Gasteiger partial charge < -0.3 is 24.5 Å². The average molecular weight is 950 g/mol. The molecule has 3 atom stereocenters. The lowest BCUT2D eigenvalue weighted by molar-refractivity contribution is -0.189. The summed E-state index contributed by atoms with van der Waals surface area (Å²) in [7, 11) is -3.44. The number of para-hydroxylation sites is 1. The number of ether oxygens (including phenoxy) is 2. The summed E-state index contributed by atoms with van der Waals surface area (Å²) in [6, 6.07) is 38.1. The maximum absolute atomic E-state index is 12.6. The van der Waals surface area contributed by atoms with Crippen LogP contribution in [0.4, 0.5) is 32.0 Å². The quantitative estimate of drug-likeness (QED) is 0.0834. The Labute approximate surface area is 387 Å². The van der Waals surface area contributed by atoms with Crippen molar-refractivity contribution in [2.75, 3.05) is 11.0 Å². The minimum Gasteiger partial charge on any atom is -0.481 e. The van der Waals surface area contributed by atoms with Gasteiger partial charge in [-0.25, -0.2) is 18.4 Å². The lowest BCUT2D eigenvalue weighted by atomic mass is 9.96. The molecule has 0 bridgehead atoms. The van der Waals surface area contributed by atoms with Crippen molar-refractivity contribution in [3.8, 4) is 57.4 Å². The molecule has 3 unspecified atom stereocenters. The Hall–Kier alpha value is -7.73. The zero-order valence-corrected chi connectivity index (χ0v) is 37.4. The predicted octanol–water partition coefficient (Wildman–Crippen LogP) is 11.3. The highest BCUT2D eigenvalue weighted by Gasteiger charge is 2.38. The highest BCUT2D eigenvalue weighted by atomic mass is 32.2. The molecule has 2 heterocycles. The minimum absolute atomic E-state index is 0.0993. The van der Waals surface area contributed by atoms with Crippen LogP contribution in [0.5, 0.6) is 11.5 Å². The van der Waals surface area contributed by atoms with E-state index in [0.29, 0.717) is 45.1 Å². The number of aliphatic hydroxyl groups is 1. The third-order valence-electron chi connectivity index (χ3n) is 10.1. The van der Waals surface area contributed by atoms with E-state index in [1.54, 1.807) is 49.4 Å². The lowest BCUT2D eigenvalue weighted by Crippen LogP contribution is -2.31. The smallest absolute Gasteiger partial charge is 0.425 e. The van der Waals surface area contributed by atoms with Crippen LogP contribution < -0.4 is 14.2 Å². The number of hydrogen-bond acceptors (Lipinski definition) is 7. The number of hydrogen-bond donors (Lipinski definition) is 4. The van der Waals surface area contributed by atoms with Crippen molar-refractivity contribution >= 4 is 37.8 Å². The molecular weight excluding hydrogens is 909 g/mol. The van der Waals surface area contributed by atoms with Crippen molar-refractivity contribution in [1.29, 1.82) is 0 Å². The molecule has 0 fully saturated rings. The van der Waals surface area contributed by atoms with E-state index < -0.39 is 40.7 Å². The van der Waals surface area contributed by atoms with Crippen LogP contribution >= 0.6 is 0 Å². The number of aromatic nitrogens is 4. The summed E-state index contributed by atoms with van der Waals surface area (Å²) in [5.41, 5.74) is 8.85. The van der Waals surface area contributed by atoms with Gasteiger partial charge in [0.25, 0.3) is 0 Å². The third-order valence-corrected chi connectivity index (χ3v) is 10.7. The number of alkyl halides is 6. The fraction of sp³-hybridized carbons (Fsp3) is 0.176. The predicted molar refractivity (Wildman–Crippen MR) is 249 cm³/mol. The minimum atomic E-state index is -4.44. The number of nitrogens with zero attached hydrogens (tertiary/aromatic N) is 2. The number of nitrogens with one attached hydrogen (secondary N) is 3. The van der Waals surface area contributed by atoms with Gasteiger partial charge >= 0.3 is 12.4 Å². The van der Waals surface area contributed by atoms with Crippen molar-refractivity contribution in [3.05, 3.63) is 162 Å². The zero-order valence-electron chi connectivity index (χ0n) is 36.6. The van der Waals surface area contributed by atoms with E-state index in [4.69, 9.17) is 9.47 Å². The van der Waals surface area contributed by atoms with Gasteiger partial charge in [0, 0.05) is 16.7 Å². The monoisotopic (exact) mass is 949 g/mol. The normalized spacial score (nSPS) is 12.9. The summed E-state index contributed by atoms with van der Waals surface area (Å²) < 4.78 is 111. The number of sulfonamides is 1. The van der Waals surface area contributed by atoms with Crippen LogP contribution in [-0.4, -0.2) is 64.3 Å². The molecule has 0 aliphatic carbocycles. The number of aromatic amines is 2. The molecule has 68 heavy (non-hydrogen) atoms. The van der Waals surface area contributed by atoms with E-state index in [-0.39, 0.29) is 11.5 Å². The number of imidazole rings is 2. The second-order valence-electron chi connectivity index (χ2n) is 15.5. The van der Waals surface area contributed by atoms with Crippen LogP contribution in [0.25, 0.3) is 44.3 Å². The Morgan fingerprint density at radius 3 is 1.46 bits per heavy atom. The van der Waals surface area contributed by atoms with Crippen molar-refractivity contribution in [2.45, 2.75) is 51.4 Å². The topological polar surface area (TPSA) is 142 Å². The summed E-state index contributed by atoms with van der Waals surface area (Å²) in [5.74, 6) is 12.8. The number of H-pyrrole nitrogens is 2. The highest BCUT2D eigenvalue weighted by Crippen LogP contribution is 2.32. The number of anilines is 1. The van der Waals surface area contributed by atoms with Crippen molar-refractivity contribution in [3.63, 3.8) is 0 Å². The van der Waals surface area contributed by atoms with Crippen molar-refractivity contribution < 1.29 is 49.3 Å². The van der Waals surface area contributed by atoms with Crippen LogP contribution in [0, 0.1) is 23.7 Å². The van der Waals surface area contributed by atoms with E-state index in [0.717, 1.165) is 53.4 Å². The zero-order chi connectivity index (χ0) is 48.8. The highest BCUT2D eigenvalue weighted by molar-refractivity contribution is 7.92. The van der Waals surface area contributed by atoms with E-state index in [1.807, 2.05) is 66.7 Å². The van der Waals surface area contributed by atoms with E-state index in [2.05, 4.69) is 48.3 Å². The van der Waals surface area contributed by atoms with Gasteiger partial charge in [-0.15, -0.1) is 0 Å². The molecule has 2 aromatic heterocycles. The van der Waals surface area contributed by atoms with Crippen LogP contribution in [0.1, 0.15) is 55.2 Å². The maximum Gasteiger partial charge on any atom is 0.425 e. The van der Waals surface area contributed by atoms with Gasteiger partial charge in [-0.3, -0.25) is 4.72 Å². The first kappa shape index (κ1) is 48.2. The van der Waals surface area contributed by atoms with Crippen LogP contribution in [0.2, 0.25) is 0 Å². The number of benzene rings is 6. The summed E-state index contributed by atoms with van der Waals surface area (Å²) in [5, 5.41) is 10.1. The molecule has 0 amide bonds. The first-order valence-electron chi connectivity index (χ1n) is 20.7. The lowest BCUT2D eigenvalue weighted by Gasteiger charge is -2.17. The molecule has 0 radical (unpaired) electrons. The van der Waals surface area contributed by atoms with Gasteiger partial charge in [-0.05, 0) is 134 Å². The van der Waals surface area contributed by atoms with E-state index in [1.165, 1.54) is 24.3 Å². The fourth-order valence-corrected chi connectivity index (χ4v) is 7.24. The van der Waals surface area contributed by atoms with Crippen LogP contribution in [-0.2, 0) is 10.0 Å². The Kier molecular flexibility index (Phi) is 14.2. The standard InChI is InChI=1S/C26H21F3N2O2.C25H20F3N3O3S/c1-16(32)21-5-3-4-6-22(21)19-10-13-23-24(15-19)31-25(30-23)14-9-18-7-11-20(12-8-18)33-17(2)26(27,28)29;1-16(25(26,27)28)34-19-11-7-17(8-12-19)9-14-24-29-22-13-10-18(15-23(22)30-24)20-5-3-4-6-21(20)31-35(2,32)33/h3-8,10-13,15-17,32H,1-2H3,(H,30,31);3-8,10-13,15-16,31H,1-2H3,(H,29,30). The Bertz CT molecular complexity index is 3310. The summed E-state index contributed by atoms with van der Waals surface area (Å²) in [6.07, 6.45) is -12.1. The van der Waals surface area contributed by atoms with Crippen LogP contribution in [0.3, 0.4) is 0 Å². The fourth-order valence-electron chi connectivity index (χ4n) is 6.66. The Morgan fingerprint density at radius 1 is 0.588 bits per heavy atom. The van der Waals surface area contributed by atoms with Gasteiger partial charge in [0.2, 0.25) is 10.0 Å². The van der Waals surface area contributed by atoms with Gasteiger partial charge in [0.15, 0.2) is 23.9 Å². The average Bonchev–Trinajstić information content (AvgIpc) is 3.91. The molecule has 17 heteroatoms. The molecule has 4 N–H and O–H groups in total. The molecule has 8 rings (SSSR count). The van der Waals surface area contributed by atoms with E-state index in [9.17, 15) is 39.9 Å². The molecule has 0 spiro atoms. The third kappa shape index (κ3) is 12.6. The number of halogens is 6. The molecule has 0 saturated heterocycles. The first-order chi connectivity index (χ1) is 32.2. The second-order valence-corrected chi connectivity index (χ2v) is 17.2. The molecule has 0 aliphatic heterocycles. The second kappa shape index (κ2) is 20.0. The van der Waals surface area contributed by atoms with Crippen LogP contribution in [0.15, 0.2) is 133 Å². The number of aliphatic hydroxyl groups excluding tert-OH is 1. The van der Waals surface area contributed by atoms with E-state index >= 15 is 0 Å². The maximum atomic E-state index is 12.6. The molecule has 348 valence electrons. The summed E-state index contributed by atoms with van der Waals surface area (Å²) in [6.45, 7) is 3.64. The summed E-state index contributed by atoms with van der Waals surface area (Å²) in [4.78, 5) is 15.2. The molecule has 0 aliphatic rings. The Morgan fingerprint density at radius 2 is 1.01 bits per heavy atom.